The molecule has 0 radical (unpaired) electrons. The predicted octanol–water partition coefficient (Wildman–Crippen LogP) is 2.38. The highest BCUT2D eigenvalue weighted by atomic mass is 32.2. The molecule has 0 bridgehead atoms. The van der Waals surface area contributed by atoms with E-state index in [0.717, 1.165) is 30.5 Å². The van der Waals surface area contributed by atoms with Gasteiger partial charge in [0.1, 0.15) is 0 Å². The quantitative estimate of drug-likeness (QED) is 0.593. The summed E-state index contributed by atoms with van der Waals surface area (Å²) < 4.78 is 31.3. The van der Waals surface area contributed by atoms with E-state index in [1.807, 2.05) is 41.2 Å². The maximum atomic E-state index is 13.2. The highest BCUT2D eigenvalue weighted by Gasteiger charge is 2.42. The van der Waals surface area contributed by atoms with Crippen LogP contribution in [0.5, 0.6) is 0 Å². The first-order valence-electron chi connectivity index (χ1n) is 9.93. The third-order valence-electron chi connectivity index (χ3n) is 5.45. The lowest BCUT2D eigenvalue weighted by atomic mass is 9.94. The molecule has 2 unspecified atom stereocenters. The van der Waals surface area contributed by atoms with Crippen LogP contribution in [0.3, 0.4) is 0 Å². The second-order valence-corrected chi connectivity index (χ2v) is 9.46. The van der Waals surface area contributed by atoms with Gasteiger partial charge in [-0.3, -0.25) is 0 Å². The number of hydrogen-bond acceptors (Lipinski definition) is 5. The molecular weight excluding hydrogens is 388 g/mol. The molecule has 9 heteroatoms. The molecule has 0 saturated carbocycles. The fourth-order valence-electron chi connectivity index (χ4n) is 3.85. The van der Waals surface area contributed by atoms with Crippen molar-refractivity contribution in [2.24, 2.45) is 7.05 Å². The Balaban J connectivity index is 1.66. The minimum atomic E-state index is -3.67. The molecule has 1 saturated heterocycles. The molecule has 4 rings (SSSR count). The number of nitrogens with zero attached hydrogens (tertiary/aromatic N) is 6. The normalized spacial score (nSPS) is 20.3. The number of aryl methyl sites for hydroxylation is 2. The average molecular weight is 415 g/mol. The lowest BCUT2D eigenvalue weighted by molar-refractivity contribution is 0.416. The molecule has 154 valence electrons. The van der Waals surface area contributed by atoms with Crippen molar-refractivity contribution >= 4 is 10.0 Å². The van der Waals surface area contributed by atoms with Crippen LogP contribution in [0.25, 0.3) is 0 Å². The number of imidazole rings is 1. The van der Waals surface area contributed by atoms with E-state index < -0.39 is 10.0 Å². The first-order valence-corrected chi connectivity index (χ1v) is 11.4. The minimum absolute atomic E-state index is 0.00425. The van der Waals surface area contributed by atoms with Crippen molar-refractivity contribution in [3.05, 3.63) is 60.3 Å². The molecule has 2 atom stereocenters. The Morgan fingerprint density at radius 2 is 1.93 bits per heavy atom. The van der Waals surface area contributed by atoms with Crippen LogP contribution in [0.2, 0.25) is 0 Å². The SMILES string of the molecule is CCCCc1cn(C2CN(S(=O)(=O)c3cn(C)cn3)CC2c2ccccc2)nn1. The van der Waals surface area contributed by atoms with Gasteiger partial charge in [-0.05, 0) is 18.4 Å². The first kappa shape index (κ1) is 19.8. The summed E-state index contributed by atoms with van der Waals surface area (Å²) in [5, 5.41) is 8.73. The van der Waals surface area contributed by atoms with Crippen molar-refractivity contribution in [1.82, 2.24) is 28.9 Å². The van der Waals surface area contributed by atoms with Gasteiger partial charge in [0.2, 0.25) is 0 Å². The molecule has 8 nitrogen and oxygen atoms in total. The second-order valence-electron chi connectivity index (χ2n) is 7.58. The molecule has 2 aromatic heterocycles. The predicted molar refractivity (Wildman–Crippen MR) is 109 cm³/mol. The topological polar surface area (TPSA) is 85.9 Å². The number of hydrogen-bond donors (Lipinski definition) is 0. The van der Waals surface area contributed by atoms with Crippen molar-refractivity contribution in [3.63, 3.8) is 0 Å². The zero-order valence-corrected chi connectivity index (χ0v) is 17.5. The van der Waals surface area contributed by atoms with Crippen LogP contribution < -0.4 is 0 Å². The van der Waals surface area contributed by atoms with E-state index in [9.17, 15) is 8.42 Å². The van der Waals surface area contributed by atoms with E-state index in [2.05, 4.69) is 22.2 Å². The highest BCUT2D eigenvalue weighted by Crippen LogP contribution is 2.38. The summed E-state index contributed by atoms with van der Waals surface area (Å²) in [4.78, 5) is 4.06. The lowest BCUT2D eigenvalue weighted by Crippen LogP contribution is -2.29. The minimum Gasteiger partial charge on any atom is -0.339 e. The smallest absolute Gasteiger partial charge is 0.262 e. The van der Waals surface area contributed by atoms with Crippen LogP contribution in [-0.2, 0) is 23.5 Å². The van der Waals surface area contributed by atoms with Crippen LogP contribution in [0.1, 0.15) is 43.0 Å². The summed E-state index contributed by atoms with van der Waals surface area (Å²) in [7, 11) is -1.90. The summed E-state index contributed by atoms with van der Waals surface area (Å²) >= 11 is 0. The monoisotopic (exact) mass is 414 g/mol. The van der Waals surface area contributed by atoms with Gasteiger partial charge >= 0.3 is 0 Å². The van der Waals surface area contributed by atoms with E-state index >= 15 is 0 Å². The van der Waals surface area contributed by atoms with Gasteiger partial charge in [0.15, 0.2) is 5.03 Å². The summed E-state index contributed by atoms with van der Waals surface area (Å²) in [5.41, 5.74) is 2.05. The number of unbranched alkanes of at least 4 members (excludes halogenated alkanes) is 1. The Bertz CT molecular complexity index is 1060. The van der Waals surface area contributed by atoms with Gasteiger partial charge in [-0.2, -0.15) is 4.31 Å². The van der Waals surface area contributed by atoms with Crippen LogP contribution in [0.4, 0.5) is 0 Å². The van der Waals surface area contributed by atoms with Crippen molar-refractivity contribution in [3.8, 4) is 0 Å². The van der Waals surface area contributed by atoms with Gasteiger partial charge in [0.05, 0.1) is 18.1 Å². The molecule has 1 aliphatic rings. The van der Waals surface area contributed by atoms with Crippen molar-refractivity contribution < 1.29 is 8.42 Å². The van der Waals surface area contributed by atoms with Gasteiger partial charge in [-0.15, -0.1) is 5.10 Å². The first-order chi connectivity index (χ1) is 14.0. The van der Waals surface area contributed by atoms with E-state index in [1.54, 1.807) is 17.8 Å². The zero-order chi connectivity index (χ0) is 20.4. The third-order valence-corrected chi connectivity index (χ3v) is 7.17. The third kappa shape index (κ3) is 3.97. The van der Waals surface area contributed by atoms with E-state index in [1.165, 1.54) is 10.6 Å². The van der Waals surface area contributed by atoms with Crippen LogP contribution in [0, 0.1) is 0 Å². The van der Waals surface area contributed by atoms with Crippen LogP contribution in [-0.4, -0.2) is 50.4 Å². The molecule has 0 amide bonds. The molecule has 1 fully saturated rings. The Kier molecular flexibility index (Phi) is 5.51. The fraction of sp³-hybridized carbons (Fsp3) is 0.450. The number of aromatic nitrogens is 5. The standard InChI is InChI=1S/C20H26N6O2S/c1-3-4-10-17-11-26(23-22-17)19-13-25(12-18(19)16-8-6-5-7-9-16)29(27,28)20-14-24(2)15-21-20/h5-9,11,14-15,18-19H,3-4,10,12-13H2,1-2H3. The summed E-state index contributed by atoms with van der Waals surface area (Å²) in [6, 6.07) is 9.91. The second kappa shape index (κ2) is 8.08. The van der Waals surface area contributed by atoms with Gasteiger partial charge in [-0.1, -0.05) is 48.9 Å². The number of benzene rings is 1. The molecule has 0 spiro atoms. The van der Waals surface area contributed by atoms with E-state index in [4.69, 9.17) is 0 Å². The van der Waals surface area contributed by atoms with E-state index in [0.29, 0.717) is 13.1 Å². The van der Waals surface area contributed by atoms with Crippen molar-refractivity contribution in [2.45, 2.75) is 43.2 Å². The number of sulfonamides is 1. The Morgan fingerprint density at radius 1 is 1.14 bits per heavy atom. The maximum Gasteiger partial charge on any atom is 0.262 e. The van der Waals surface area contributed by atoms with Gasteiger partial charge in [0.25, 0.3) is 10.0 Å². The molecule has 1 aromatic carbocycles. The average Bonchev–Trinajstić information content (AvgIpc) is 3.46. The summed E-state index contributed by atoms with van der Waals surface area (Å²) in [6.45, 7) is 2.87. The van der Waals surface area contributed by atoms with Crippen molar-refractivity contribution in [1.29, 1.82) is 0 Å². The highest BCUT2D eigenvalue weighted by molar-refractivity contribution is 7.89. The summed E-state index contributed by atoms with van der Waals surface area (Å²) in [6.07, 6.45) is 8.05. The molecule has 0 N–H and O–H groups in total. The Morgan fingerprint density at radius 3 is 2.62 bits per heavy atom. The van der Waals surface area contributed by atoms with Crippen molar-refractivity contribution in [2.75, 3.05) is 13.1 Å². The summed E-state index contributed by atoms with van der Waals surface area (Å²) in [5.74, 6) is -0.00425. The molecule has 1 aliphatic heterocycles. The fourth-order valence-corrected chi connectivity index (χ4v) is 5.30. The van der Waals surface area contributed by atoms with Crippen LogP contribution in [0.15, 0.2) is 54.1 Å². The zero-order valence-electron chi connectivity index (χ0n) is 16.7. The Hall–Kier alpha value is -2.52. The molecule has 3 aromatic rings. The van der Waals surface area contributed by atoms with Gasteiger partial charge < -0.3 is 4.57 Å². The Labute approximate surface area is 171 Å². The van der Waals surface area contributed by atoms with Gasteiger partial charge in [0, 0.05) is 38.4 Å². The van der Waals surface area contributed by atoms with Crippen LogP contribution >= 0.6 is 0 Å². The van der Waals surface area contributed by atoms with Gasteiger partial charge in [-0.25, -0.2) is 18.1 Å². The molecular formula is C20H26N6O2S. The molecule has 29 heavy (non-hydrogen) atoms. The molecule has 3 heterocycles. The molecule has 0 aliphatic carbocycles. The maximum absolute atomic E-state index is 13.2. The lowest BCUT2D eigenvalue weighted by Gasteiger charge is -2.18. The largest absolute Gasteiger partial charge is 0.339 e. The number of rotatable bonds is 7. The van der Waals surface area contributed by atoms with E-state index in [-0.39, 0.29) is 17.0 Å².